The summed E-state index contributed by atoms with van der Waals surface area (Å²) in [6.07, 6.45) is 0.348. The fourth-order valence-electron chi connectivity index (χ4n) is 3.79. The third-order valence-electron chi connectivity index (χ3n) is 5.61. The molecule has 4 rings (SSSR count). The summed E-state index contributed by atoms with van der Waals surface area (Å²) >= 11 is 0. The molecule has 0 N–H and O–H groups in total. The minimum Gasteiger partial charge on any atom is -0.452 e. The SMILES string of the molecule is CN(C(=O)COC(=O)c1cccc(N2C(=O)c3ccccc3C2=O)c1)[C@H]1CCS(=O)(=O)C1. The molecule has 0 aromatic heterocycles. The lowest BCUT2D eigenvalue weighted by atomic mass is 10.1. The lowest BCUT2D eigenvalue weighted by Crippen LogP contribution is -2.40. The van der Waals surface area contributed by atoms with Crippen LogP contribution in [-0.4, -0.2) is 68.2 Å². The van der Waals surface area contributed by atoms with E-state index in [1.807, 2.05) is 0 Å². The van der Waals surface area contributed by atoms with Crippen molar-refractivity contribution in [3.8, 4) is 0 Å². The van der Waals surface area contributed by atoms with Crippen LogP contribution in [0.2, 0.25) is 0 Å². The van der Waals surface area contributed by atoms with E-state index in [-0.39, 0.29) is 33.9 Å². The second kappa shape index (κ2) is 8.19. The molecule has 0 aliphatic carbocycles. The number of amides is 3. The van der Waals surface area contributed by atoms with E-state index in [1.54, 1.807) is 24.3 Å². The maximum atomic E-state index is 12.6. The highest BCUT2D eigenvalue weighted by Crippen LogP contribution is 2.28. The van der Waals surface area contributed by atoms with Gasteiger partial charge in [0.15, 0.2) is 16.4 Å². The molecule has 1 fully saturated rings. The molecule has 0 spiro atoms. The average Bonchev–Trinajstić information content (AvgIpc) is 3.27. The molecule has 9 nitrogen and oxygen atoms in total. The minimum absolute atomic E-state index is 0.0275. The minimum atomic E-state index is -3.15. The number of hydrogen-bond acceptors (Lipinski definition) is 7. The summed E-state index contributed by atoms with van der Waals surface area (Å²) in [5.74, 6) is -2.37. The summed E-state index contributed by atoms with van der Waals surface area (Å²) in [6, 6.07) is 11.8. The number of likely N-dealkylation sites (N-methyl/N-ethyl adjacent to an activating group) is 1. The van der Waals surface area contributed by atoms with Crippen molar-refractivity contribution >= 4 is 39.2 Å². The molecule has 10 heteroatoms. The molecule has 3 amide bonds. The standard InChI is InChI=1S/C22H20N2O7S/c1-23(16-9-10-32(29,30)13-16)19(25)12-31-22(28)14-5-4-6-15(11-14)24-20(26)17-7-2-3-8-18(17)21(24)27/h2-8,11,16H,9-10,12-13H2,1H3/t16-/m0/s1. The van der Waals surface area contributed by atoms with Crippen molar-refractivity contribution in [2.24, 2.45) is 0 Å². The van der Waals surface area contributed by atoms with Gasteiger partial charge >= 0.3 is 5.97 Å². The first kappa shape index (κ1) is 21.7. The van der Waals surface area contributed by atoms with E-state index in [2.05, 4.69) is 0 Å². The quantitative estimate of drug-likeness (QED) is 0.491. The number of fused-ring (bicyclic) bond motifs is 1. The third kappa shape index (κ3) is 4.01. The number of nitrogens with zero attached hydrogens (tertiary/aromatic N) is 2. The Labute approximate surface area is 184 Å². The molecule has 0 bridgehead atoms. The number of imide groups is 1. The van der Waals surface area contributed by atoms with E-state index in [9.17, 15) is 27.6 Å². The molecule has 0 saturated carbocycles. The monoisotopic (exact) mass is 456 g/mol. The van der Waals surface area contributed by atoms with Crippen molar-refractivity contribution < 1.29 is 32.3 Å². The number of rotatable bonds is 5. The van der Waals surface area contributed by atoms with Gasteiger partial charge in [0.2, 0.25) is 0 Å². The summed E-state index contributed by atoms with van der Waals surface area (Å²) in [6.45, 7) is -0.552. The van der Waals surface area contributed by atoms with Crippen LogP contribution in [0.15, 0.2) is 48.5 Å². The lowest BCUT2D eigenvalue weighted by molar-refractivity contribution is -0.134. The molecule has 2 aromatic rings. The molecule has 166 valence electrons. The van der Waals surface area contributed by atoms with Gasteiger partial charge in [0.05, 0.1) is 33.9 Å². The first-order valence-electron chi connectivity index (χ1n) is 9.89. The van der Waals surface area contributed by atoms with E-state index in [4.69, 9.17) is 4.74 Å². The zero-order chi connectivity index (χ0) is 23.0. The summed E-state index contributed by atoms with van der Waals surface area (Å²) in [7, 11) is -1.67. The predicted molar refractivity (Wildman–Crippen MR) is 114 cm³/mol. The molecule has 2 aromatic carbocycles. The second-order valence-corrected chi connectivity index (χ2v) is 9.91. The zero-order valence-electron chi connectivity index (χ0n) is 17.2. The highest BCUT2D eigenvalue weighted by molar-refractivity contribution is 7.91. The van der Waals surface area contributed by atoms with Gasteiger partial charge < -0.3 is 9.64 Å². The van der Waals surface area contributed by atoms with Gasteiger partial charge in [-0.1, -0.05) is 18.2 Å². The average molecular weight is 456 g/mol. The van der Waals surface area contributed by atoms with E-state index in [1.165, 1.54) is 36.2 Å². The van der Waals surface area contributed by atoms with E-state index < -0.39 is 46.2 Å². The largest absolute Gasteiger partial charge is 0.452 e. The zero-order valence-corrected chi connectivity index (χ0v) is 18.0. The van der Waals surface area contributed by atoms with E-state index >= 15 is 0 Å². The molecule has 0 unspecified atom stereocenters. The predicted octanol–water partition coefficient (Wildman–Crippen LogP) is 1.29. The summed E-state index contributed by atoms with van der Waals surface area (Å²) in [5.41, 5.74) is 0.851. The van der Waals surface area contributed by atoms with Crippen LogP contribution < -0.4 is 4.90 Å². The Morgan fingerprint density at radius 3 is 2.31 bits per heavy atom. The highest BCUT2D eigenvalue weighted by atomic mass is 32.2. The van der Waals surface area contributed by atoms with Gasteiger partial charge in [0.1, 0.15) is 0 Å². The molecular weight excluding hydrogens is 436 g/mol. The van der Waals surface area contributed by atoms with Gasteiger partial charge in [-0.3, -0.25) is 14.4 Å². The number of hydrogen-bond donors (Lipinski definition) is 0. The van der Waals surface area contributed by atoms with Crippen LogP contribution in [-0.2, 0) is 19.4 Å². The fraction of sp³-hybridized carbons (Fsp3) is 0.273. The molecule has 0 radical (unpaired) electrons. The van der Waals surface area contributed by atoms with Gasteiger partial charge in [-0.25, -0.2) is 18.1 Å². The van der Waals surface area contributed by atoms with Crippen LogP contribution in [0.25, 0.3) is 0 Å². The van der Waals surface area contributed by atoms with Gasteiger partial charge in [-0.2, -0.15) is 0 Å². The first-order valence-corrected chi connectivity index (χ1v) is 11.7. The summed E-state index contributed by atoms with van der Waals surface area (Å²) < 4.78 is 28.3. The third-order valence-corrected chi connectivity index (χ3v) is 7.36. The van der Waals surface area contributed by atoms with Gasteiger partial charge in [0, 0.05) is 13.1 Å². The smallest absolute Gasteiger partial charge is 0.338 e. The van der Waals surface area contributed by atoms with Crippen molar-refractivity contribution in [1.29, 1.82) is 0 Å². The van der Waals surface area contributed by atoms with Crippen LogP contribution >= 0.6 is 0 Å². The molecule has 2 aliphatic rings. The highest BCUT2D eigenvalue weighted by Gasteiger charge is 2.36. The second-order valence-electron chi connectivity index (χ2n) is 7.68. The summed E-state index contributed by atoms with van der Waals surface area (Å²) in [4.78, 5) is 52.4. The van der Waals surface area contributed by atoms with Gasteiger partial charge in [-0.05, 0) is 36.8 Å². The topological polar surface area (TPSA) is 118 Å². The van der Waals surface area contributed by atoms with Crippen molar-refractivity contribution in [3.63, 3.8) is 0 Å². The fourth-order valence-corrected chi connectivity index (χ4v) is 5.57. The van der Waals surface area contributed by atoms with Gasteiger partial charge in [0.25, 0.3) is 17.7 Å². The maximum absolute atomic E-state index is 12.6. The van der Waals surface area contributed by atoms with Gasteiger partial charge in [-0.15, -0.1) is 0 Å². The number of sulfone groups is 1. The van der Waals surface area contributed by atoms with Crippen molar-refractivity contribution in [2.75, 3.05) is 30.1 Å². The Morgan fingerprint density at radius 1 is 1.06 bits per heavy atom. The Bertz CT molecular complexity index is 1200. The molecule has 2 aliphatic heterocycles. The van der Waals surface area contributed by atoms with Crippen LogP contribution in [0.1, 0.15) is 37.5 Å². The number of anilines is 1. The Morgan fingerprint density at radius 2 is 1.72 bits per heavy atom. The van der Waals surface area contributed by atoms with Crippen LogP contribution in [0.5, 0.6) is 0 Å². The Hall–Kier alpha value is -3.53. The normalized spacial score (nSPS) is 19.0. The number of carbonyl (C=O) groups is 4. The maximum Gasteiger partial charge on any atom is 0.338 e. The number of carbonyl (C=O) groups excluding carboxylic acids is 4. The molecular formula is C22H20N2O7S. The van der Waals surface area contributed by atoms with Crippen LogP contribution in [0.4, 0.5) is 5.69 Å². The number of benzene rings is 2. The lowest BCUT2D eigenvalue weighted by Gasteiger charge is -2.23. The number of ether oxygens (including phenoxy) is 1. The van der Waals surface area contributed by atoms with E-state index in [0.717, 1.165) is 4.90 Å². The summed E-state index contributed by atoms with van der Waals surface area (Å²) in [5, 5.41) is 0. The molecule has 2 heterocycles. The number of esters is 1. The Kier molecular flexibility index (Phi) is 5.55. The molecule has 32 heavy (non-hydrogen) atoms. The molecule has 1 atom stereocenters. The van der Waals surface area contributed by atoms with Crippen molar-refractivity contribution in [2.45, 2.75) is 12.5 Å². The van der Waals surface area contributed by atoms with Crippen molar-refractivity contribution in [3.05, 3.63) is 65.2 Å². The first-order chi connectivity index (χ1) is 15.2. The van der Waals surface area contributed by atoms with Crippen molar-refractivity contribution in [1.82, 2.24) is 4.90 Å². The van der Waals surface area contributed by atoms with Crippen LogP contribution in [0, 0.1) is 0 Å². The van der Waals surface area contributed by atoms with E-state index in [0.29, 0.717) is 6.42 Å². The Balaban J connectivity index is 1.43. The van der Waals surface area contributed by atoms with Crippen LogP contribution in [0.3, 0.4) is 0 Å². The molecule has 1 saturated heterocycles.